The minimum Gasteiger partial charge on any atom is -0.308 e. The van der Waals surface area contributed by atoms with Crippen LogP contribution in [0, 0.1) is 0 Å². The van der Waals surface area contributed by atoms with Crippen molar-refractivity contribution < 1.29 is 0 Å². The zero-order chi connectivity index (χ0) is 16.4. The van der Waals surface area contributed by atoms with Crippen molar-refractivity contribution in [3.63, 3.8) is 0 Å². The zero-order valence-corrected chi connectivity index (χ0v) is 13.9. The van der Waals surface area contributed by atoms with Gasteiger partial charge in [0.1, 0.15) is 0 Å². The summed E-state index contributed by atoms with van der Waals surface area (Å²) in [4.78, 5) is 16.7. The quantitative estimate of drug-likeness (QED) is 0.938. The van der Waals surface area contributed by atoms with Gasteiger partial charge in [-0.3, -0.25) is 9.78 Å². The van der Waals surface area contributed by atoms with Gasteiger partial charge in [-0.25, -0.2) is 4.68 Å². The Kier molecular flexibility index (Phi) is 4.43. The lowest BCUT2D eigenvalue weighted by atomic mass is 9.91. The molecule has 0 bridgehead atoms. The Labute approximate surface area is 142 Å². The van der Waals surface area contributed by atoms with Crippen molar-refractivity contribution in [1.82, 2.24) is 20.1 Å². The van der Waals surface area contributed by atoms with Gasteiger partial charge in [-0.05, 0) is 62.6 Å². The van der Waals surface area contributed by atoms with E-state index in [2.05, 4.69) is 15.4 Å². The molecule has 0 aliphatic heterocycles. The number of aromatic nitrogens is 3. The molecule has 5 nitrogen and oxygen atoms in total. The third-order valence-electron chi connectivity index (χ3n) is 5.32. The van der Waals surface area contributed by atoms with Gasteiger partial charge in [0.25, 0.3) is 5.56 Å². The maximum Gasteiger partial charge on any atom is 0.267 e. The Hall–Kier alpha value is -2.01. The summed E-state index contributed by atoms with van der Waals surface area (Å²) >= 11 is 0. The van der Waals surface area contributed by atoms with Gasteiger partial charge >= 0.3 is 0 Å². The van der Waals surface area contributed by atoms with Crippen LogP contribution in [0.5, 0.6) is 0 Å². The Balaban J connectivity index is 1.35. The van der Waals surface area contributed by atoms with E-state index in [0.717, 1.165) is 62.9 Å². The summed E-state index contributed by atoms with van der Waals surface area (Å²) in [5.41, 5.74) is 3.48. The molecule has 1 saturated carbocycles. The molecular weight excluding hydrogens is 300 g/mol. The van der Waals surface area contributed by atoms with Crippen LogP contribution in [0.15, 0.2) is 35.3 Å². The maximum absolute atomic E-state index is 12.3. The molecule has 2 aromatic heterocycles. The Morgan fingerprint density at radius 3 is 2.83 bits per heavy atom. The molecule has 2 aliphatic carbocycles. The van der Waals surface area contributed by atoms with Gasteiger partial charge in [-0.1, -0.05) is 6.07 Å². The first-order valence-electron chi connectivity index (χ1n) is 9.04. The van der Waals surface area contributed by atoms with Crippen molar-refractivity contribution in [3.8, 4) is 0 Å². The van der Waals surface area contributed by atoms with Gasteiger partial charge in [0.2, 0.25) is 0 Å². The summed E-state index contributed by atoms with van der Waals surface area (Å²) in [6.45, 7) is 0.813. The number of hydrogen-bond acceptors (Lipinski definition) is 4. The molecular formula is C19H24N4O. The van der Waals surface area contributed by atoms with Gasteiger partial charge in [0.05, 0.1) is 17.4 Å². The van der Waals surface area contributed by atoms with Crippen LogP contribution in [0.25, 0.3) is 0 Å². The van der Waals surface area contributed by atoms with Gasteiger partial charge < -0.3 is 5.32 Å². The summed E-state index contributed by atoms with van der Waals surface area (Å²) in [6.07, 6.45) is 9.22. The largest absolute Gasteiger partial charge is 0.308 e. The number of nitrogens with zero attached hydrogens (tertiary/aromatic N) is 3. The highest BCUT2D eigenvalue weighted by Crippen LogP contribution is 2.28. The fourth-order valence-corrected chi connectivity index (χ4v) is 3.95. The van der Waals surface area contributed by atoms with E-state index in [0.29, 0.717) is 6.04 Å². The average molecular weight is 324 g/mol. The van der Waals surface area contributed by atoms with Crippen LogP contribution in [-0.4, -0.2) is 20.8 Å². The van der Waals surface area contributed by atoms with Crippen LogP contribution in [0.4, 0.5) is 0 Å². The standard InChI is InChI=1S/C19H24N4O/c24-19-12-14-4-3-6-18(14)22-23(19)17-9-7-15(8-10-17)21-13-16-5-1-2-11-20-16/h1-2,5,11-12,15,17,21H,3-4,6-10,13H2. The van der Waals surface area contributed by atoms with E-state index in [1.807, 2.05) is 30.5 Å². The highest BCUT2D eigenvalue weighted by molar-refractivity contribution is 5.22. The normalized spacial score (nSPS) is 23.2. The molecule has 0 saturated heterocycles. The van der Waals surface area contributed by atoms with Gasteiger partial charge in [0.15, 0.2) is 0 Å². The second-order valence-corrected chi connectivity index (χ2v) is 6.96. The Morgan fingerprint density at radius 1 is 1.17 bits per heavy atom. The summed E-state index contributed by atoms with van der Waals surface area (Å²) in [7, 11) is 0. The second kappa shape index (κ2) is 6.85. The zero-order valence-electron chi connectivity index (χ0n) is 13.9. The molecule has 1 fully saturated rings. The van der Waals surface area contributed by atoms with Crippen LogP contribution in [0.2, 0.25) is 0 Å². The molecule has 0 spiro atoms. The Bertz CT molecular complexity index is 748. The van der Waals surface area contributed by atoms with E-state index in [1.54, 1.807) is 4.68 Å². The van der Waals surface area contributed by atoms with Crippen molar-refractivity contribution in [2.45, 2.75) is 63.6 Å². The van der Waals surface area contributed by atoms with Gasteiger partial charge in [-0.15, -0.1) is 0 Å². The topological polar surface area (TPSA) is 59.8 Å². The molecule has 5 heteroatoms. The molecule has 0 radical (unpaired) electrons. The fraction of sp³-hybridized carbons (Fsp3) is 0.526. The lowest BCUT2D eigenvalue weighted by Gasteiger charge is -2.29. The van der Waals surface area contributed by atoms with E-state index >= 15 is 0 Å². The van der Waals surface area contributed by atoms with Crippen LogP contribution in [0.1, 0.15) is 55.1 Å². The van der Waals surface area contributed by atoms with Gasteiger partial charge in [-0.2, -0.15) is 5.10 Å². The molecule has 2 heterocycles. The van der Waals surface area contributed by atoms with Crippen LogP contribution in [0.3, 0.4) is 0 Å². The lowest BCUT2D eigenvalue weighted by Crippen LogP contribution is -2.36. The number of pyridine rings is 1. The summed E-state index contributed by atoms with van der Waals surface area (Å²) in [5.74, 6) is 0. The number of hydrogen-bond donors (Lipinski definition) is 1. The van der Waals surface area contributed by atoms with Crippen molar-refractivity contribution in [3.05, 3.63) is 57.8 Å². The minimum atomic E-state index is 0.0838. The van der Waals surface area contributed by atoms with E-state index < -0.39 is 0 Å². The first-order valence-corrected chi connectivity index (χ1v) is 9.04. The van der Waals surface area contributed by atoms with Crippen molar-refractivity contribution in [2.75, 3.05) is 0 Å². The number of nitrogens with one attached hydrogen (secondary N) is 1. The monoisotopic (exact) mass is 324 g/mol. The molecule has 0 aromatic carbocycles. The van der Waals surface area contributed by atoms with E-state index in [9.17, 15) is 4.79 Å². The smallest absolute Gasteiger partial charge is 0.267 e. The first-order chi connectivity index (χ1) is 11.8. The van der Waals surface area contributed by atoms with E-state index in [4.69, 9.17) is 0 Å². The third-order valence-corrected chi connectivity index (χ3v) is 5.32. The maximum atomic E-state index is 12.3. The molecule has 2 aromatic rings. The van der Waals surface area contributed by atoms with Gasteiger partial charge in [0, 0.05) is 24.8 Å². The summed E-state index contributed by atoms with van der Waals surface area (Å²) < 4.78 is 1.76. The predicted octanol–water partition coefficient (Wildman–Crippen LogP) is 2.40. The van der Waals surface area contributed by atoms with Crippen molar-refractivity contribution in [1.29, 1.82) is 0 Å². The Morgan fingerprint density at radius 2 is 2.04 bits per heavy atom. The SMILES string of the molecule is O=c1cc2c(nn1C1CCC(NCc3ccccn3)CC1)CCC2. The minimum absolute atomic E-state index is 0.0838. The molecule has 1 N–H and O–H groups in total. The first kappa shape index (κ1) is 15.5. The highest BCUT2D eigenvalue weighted by atomic mass is 16.1. The van der Waals surface area contributed by atoms with Crippen LogP contribution < -0.4 is 10.9 Å². The van der Waals surface area contributed by atoms with Crippen LogP contribution >= 0.6 is 0 Å². The third kappa shape index (κ3) is 3.26. The highest BCUT2D eigenvalue weighted by Gasteiger charge is 2.25. The number of fused-ring (bicyclic) bond motifs is 1. The second-order valence-electron chi connectivity index (χ2n) is 6.96. The average Bonchev–Trinajstić information content (AvgIpc) is 3.08. The molecule has 24 heavy (non-hydrogen) atoms. The number of rotatable bonds is 4. The molecule has 126 valence electrons. The molecule has 0 amide bonds. The van der Waals surface area contributed by atoms with E-state index in [-0.39, 0.29) is 11.6 Å². The molecule has 4 rings (SSSR count). The molecule has 2 aliphatic rings. The number of aryl methyl sites for hydroxylation is 2. The molecule has 0 unspecified atom stereocenters. The van der Waals surface area contributed by atoms with E-state index in [1.165, 1.54) is 5.56 Å². The lowest BCUT2D eigenvalue weighted by molar-refractivity contribution is 0.267. The summed E-state index contributed by atoms with van der Waals surface area (Å²) in [6, 6.07) is 8.60. The molecule has 0 atom stereocenters. The van der Waals surface area contributed by atoms with Crippen molar-refractivity contribution in [2.24, 2.45) is 0 Å². The van der Waals surface area contributed by atoms with Crippen LogP contribution in [-0.2, 0) is 19.4 Å². The van der Waals surface area contributed by atoms with Crippen molar-refractivity contribution >= 4 is 0 Å². The predicted molar refractivity (Wildman–Crippen MR) is 92.9 cm³/mol. The fourth-order valence-electron chi connectivity index (χ4n) is 3.95. The summed E-state index contributed by atoms with van der Waals surface area (Å²) in [5, 5.41) is 8.26.